The number of aliphatic hydroxyl groups excluding tert-OH is 1. The normalized spacial score (nSPS) is 13.2. The van der Waals surface area contributed by atoms with Gasteiger partial charge >= 0.3 is 0 Å². The van der Waals surface area contributed by atoms with Gasteiger partial charge in [-0.15, -0.1) is 11.3 Å². The minimum atomic E-state index is 0.191. The molecule has 0 spiro atoms. The fourth-order valence-electron chi connectivity index (χ4n) is 1.77. The number of hydrogen-bond acceptors (Lipinski definition) is 3. The molecule has 15 heavy (non-hydrogen) atoms. The Hall–Kier alpha value is -0.900. The maximum absolute atomic E-state index is 9.30. The summed E-state index contributed by atoms with van der Waals surface area (Å²) in [6, 6.07) is 8.53. The van der Waals surface area contributed by atoms with Crippen LogP contribution < -0.4 is 5.32 Å². The summed E-state index contributed by atoms with van der Waals surface area (Å²) in [4.78, 5) is 0. The number of thiophene rings is 1. The Morgan fingerprint density at radius 1 is 1.40 bits per heavy atom. The average Bonchev–Trinajstić information content (AvgIpc) is 2.72. The number of nitrogens with one attached hydrogen (secondary N) is 1. The van der Waals surface area contributed by atoms with Crippen LogP contribution in [0, 0.1) is 0 Å². The Morgan fingerprint density at radius 3 is 3.00 bits per heavy atom. The molecular weight excluding hydrogens is 206 g/mol. The van der Waals surface area contributed by atoms with Crippen molar-refractivity contribution in [2.24, 2.45) is 0 Å². The van der Waals surface area contributed by atoms with E-state index in [1.807, 2.05) is 7.05 Å². The third kappa shape index (κ3) is 2.20. The van der Waals surface area contributed by atoms with Crippen LogP contribution in [0.3, 0.4) is 0 Å². The van der Waals surface area contributed by atoms with Crippen molar-refractivity contribution in [1.29, 1.82) is 0 Å². The quantitative estimate of drug-likeness (QED) is 0.829. The molecule has 1 heterocycles. The maximum Gasteiger partial charge on any atom is 0.0511 e. The minimum absolute atomic E-state index is 0.191. The van der Waals surface area contributed by atoms with Gasteiger partial charge in [0.15, 0.2) is 0 Å². The highest BCUT2D eigenvalue weighted by Gasteiger charge is 2.09. The number of fused-ring (bicyclic) bond motifs is 1. The zero-order chi connectivity index (χ0) is 10.7. The lowest BCUT2D eigenvalue weighted by Gasteiger charge is -2.13. The monoisotopic (exact) mass is 221 g/mol. The summed E-state index contributed by atoms with van der Waals surface area (Å²) in [7, 11) is 1.91. The molecule has 0 aliphatic rings. The molecule has 1 atom stereocenters. The van der Waals surface area contributed by atoms with Crippen LogP contribution in [0.4, 0.5) is 0 Å². The lowest BCUT2D eigenvalue weighted by Crippen LogP contribution is -2.19. The molecule has 0 aliphatic heterocycles. The van der Waals surface area contributed by atoms with Crippen LogP contribution in [0.25, 0.3) is 10.1 Å². The SMILES string of the molecule is CNCC(CO)c1ccc2sccc2c1. The summed E-state index contributed by atoms with van der Waals surface area (Å²) in [6.07, 6.45) is 0. The van der Waals surface area contributed by atoms with Crippen molar-refractivity contribution in [1.82, 2.24) is 5.32 Å². The molecule has 2 N–H and O–H groups in total. The number of aliphatic hydroxyl groups is 1. The van der Waals surface area contributed by atoms with Crippen LogP contribution in [-0.2, 0) is 0 Å². The molecule has 0 fully saturated rings. The highest BCUT2D eigenvalue weighted by Crippen LogP contribution is 2.25. The maximum atomic E-state index is 9.30. The van der Waals surface area contributed by atoms with Crippen LogP contribution in [-0.4, -0.2) is 25.3 Å². The van der Waals surface area contributed by atoms with E-state index < -0.39 is 0 Å². The first-order valence-corrected chi connectivity index (χ1v) is 5.95. The smallest absolute Gasteiger partial charge is 0.0511 e. The van der Waals surface area contributed by atoms with E-state index in [9.17, 15) is 5.11 Å². The molecule has 0 radical (unpaired) electrons. The zero-order valence-corrected chi connectivity index (χ0v) is 9.55. The van der Waals surface area contributed by atoms with Gasteiger partial charge in [-0.05, 0) is 41.6 Å². The first kappa shape index (κ1) is 10.6. The van der Waals surface area contributed by atoms with Crippen molar-refractivity contribution >= 4 is 21.4 Å². The van der Waals surface area contributed by atoms with Gasteiger partial charge in [0.1, 0.15) is 0 Å². The van der Waals surface area contributed by atoms with E-state index >= 15 is 0 Å². The van der Waals surface area contributed by atoms with E-state index in [-0.39, 0.29) is 12.5 Å². The van der Waals surface area contributed by atoms with Gasteiger partial charge in [0, 0.05) is 17.2 Å². The minimum Gasteiger partial charge on any atom is -0.396 e. The van der Waals surface area contributed by atoms with Gasteiger partial charge in [-0.2, -0.15) is 0 Å². The molecule has 2 rings (SSSR count). The molecule has 1 aromatic carbocycles. The van der Waals surface area contributed by atoms with E-state index in [4.69, 9.17) is 0 Å². The van der Waals surface area contributed by atoms with Crippen LogP contribution in [0.5, 0.6) is 0 Å². The highest BCUT2D eigenvalue weighted by molar-refractivity contribution is 7.17. The standard InChI is InChI=1S/C12H15NOS/c1-13-7-11(8-14)9-2-3-12-10(6-9)4-5-15-12/h2-6,11,13-14H,7-8H2,1H3. The molecule has 0 amide bonds. The molecule has 1 unspecified atom stereocenters. The topological polar surface area (TPSA) is 32.3 Å². The molecular formula is C12H15NOS. The van der Waals surface area contributed by atoms with Gasteiger partial charge in [-0.3, -0.25) is 0 Å². The lowest BCUT2D eigenvalue weighted by molar-refractivity contribution is 0.263. The highest BCUT2D eigenvalue weighted by atomic mass is 32.1. The fourth-order valence-corrected chi connectivity index (χ4v) is 2.54. The van der Waals surface area contributed by atoms with E-state index in [2.05, 4.69) is 35.0 Å². The summed E-state index contributed by atoms with van der Waals surface area (Å²) in [5.74, 6) is 0.194. The van der Waals surface area contributed by atoms with Crippen LogP contribution in [0.1, 0.15) is 11.5 Å². The molecule has 80 valence electrons. The summed E-state index contributed by atoms with van der Waals surface area (Å²) in [6.45, 7) is 1.00. The molecule has 0 saturated heterocycles. The summed E-state index contributed by atoms with van der Waals surface area (Å²) in [5.41, 5.74) is 1.21. The second-order valence-corrected chi connectivity index (χ2v) is 4.60. The van der Waals surface area contributed by atoms with Crippen molar-refractivity contribution in [3.05, 3.63) is 35.2 Å². The van der Waals surface area contributed by atoms with Crippen molar-refractivity contribution in [3.8, 4) is 0 Å². The van der Waals surface area contributed by atoms with Crippen molar-refractivity contribution < 1.29 is 5.11 Å². The predicted molar refractivity (Wildman–Crippen MR) is 65.6 cm³/mol. The third-order valence-corrected chi connectivity index (χ3v) is 3.52. The Balaban J connectivity index is 2.33. The van der Waals surface area contributed by atoms with Gasteiger partial charge < -0.3 is 10.4 Å². The van der Waals surface area contributed by atoms with Crippen LogP contribution in [0.15, 0.2) is 29.6 Å². The number of hydrogen-bond donors (Lipinski definition) is 2. The average molecular weight is 221 g/mol. The number of benzene rings is 1. The lowest BCUT2D eigenvalue weighted by atomic mass is 9.99. The van der Waals surface area contributed by atoms with Gasteiger partial charge in [0.05, 0.1) is 6.61 Å². The van der Waals surface area contributed by atoms with Crippen LogP contribution in [0.2, 0.25) is 0 Å². The summed E-state index contributed by atoms with van der Waals surface area (Å²) < 4.78 is 1.31. The second kappa shape index (κ2) is 4.75. The Labute approximate surface area is 93.6 Å². The van der Waals surface area contributed by atoms with Crippen molar-refractivity contribution in [2.75, 3.05) is 20.2 Å². The molecule has 2 aromatic rings. The fraction of sp³-hybridized carbons (Fsp3) is 0.333. The molecule has 0 saturated carbocycles. The Bertz CT molecular complexity index is 438. The Morgan fingerprint density at radius 2 is 2.27 bits per heavy atom. The predicted octanol–water partition coefficient (Wildman–Crippen LogP) is 2.20. The summed E-state index contributed by atoms with van der Waals surface area (Å²) in [5, 5.41) is 15.8. The second-order valence-electron chi connectivity index (χ2n) is 3.66. The van der Waals surface area contributed by atoms with Gasteiger partial charge in [-0.1, -0.05) is 6.07 Å². The van der Waals surface area contributed by atoms with E-state index in [1.165, 1.54) is 15.6 Å². The van der Waals surface area contributed by atoms with E-state index in [0.717, 1.165) is 6.54 Å². The first-order valence-electron chi connectivity index (χ1n) is 5.07. The molecule has 2 nitrogen and oxygen atoms in total. The first-order chi connectivity index (χ1) is 7.35. The largest absolute Gasteiger partial charge is 0.396 e. The van der Waals surface area contributed by atoms with Gasteiger partial charge in [-0.25, -0.2) is 0 Å². The molecule has 3 heteroatoms. The summed E-state index contributed by atoms with van der Waals surface area (Å²) >= 11 is 1.75. The molecule has 1 aromatic heterocycles. The number of rotatable bonds is 4. The molecule has 0 bridgehead atoms. The third-order valence-electron chi connectivity index (χ3n) is 2.62. The Kier molecular flexibility index (Phi) is 3.36. The van der Waals surface area contributed by atoms with Gasteiger partial charge in [0.2, 0.25) is 0 Å². The van der Waals surface area contributed by atoms with Crippen molar-refractivity contribution in [2.45, 2.75) is 5.92 Å². The molecule has 0 aliphatic carbocycles. The van der Waals surface area contributed by atoms with Gasteiger partial charge in [0.25, 0.3) is 0 Å². The van der Waals surface area contributed by atoms with Crippen molar-refractivity contribution in [3.63, 3.8) is 0 Å². The van der Waals surface area contributed by atoms with E-state index in [0.29, 0.717) is 0 Å². The zero-order valence-electron chi connectivity index (χ0n) is 8.73. The van der Waals surface area contributed by atoms with Crippen LogP contribution >= 0.6 is 11.3 Å². The number of likely N-dealkylation sites (N-methyl/N-ethyl adjacent to an activating group) is 1. The van der Waals surface area contributed by atoms with E-state index in [1.54, 1.807) is 11.3 Å².